The zero-order valence-corrected chi connectivity index (χ0v) is 12.6. The number of hydrogen-bond donors (Lipinski definition) is 0. The van der Waals surface area contributed by atoms with Crippen molar-refractivity contribution >= 4 is 37.0 Å². The van der Waals surface area contributed by atoms with Crippen LogP contribution in [0.25, 0.3) is 0 Å². The van der Waals surface area contributed by atoms with E-state index in [-0.39, 0.29) is 30.8 Å². The summed E-state index contributed by atoms with van der Waals surface area (Å²) in [6, 6.07) is 6.79. The van der Waals surface area contributed by atoms with Crippen molar-refractivity contribution in [3.63, 3.8) is 0 Å². The SMILES string of the molecule is CC(C)(C)C(=O)C[Se]C(=O)c1ccc(Cl)cc1. The first kappa shape index (κ1) is 14.4. The molecule has 1 aromatic carbocycles. The molecule has 1 rings (SSSR count). The molecule has 0 bridgehead atoms. The second-order valence-corrected chi connectivity index (χ2v) is 7.18. The van der Waals surface area contributed by atoms with E-state index >= 15 is 0 Å². The third-order valence-corrected chi connectivity index (χ3v) is 4.40. The minimum absolute atomic E-state index is 0.0479. The van der Waals surface area contributed by atoms with Gasteiger partial charge in [0.15, 0.2) is 0 Å². The molecule has 0 amide bonds. The summed E-state index contributed by atoms with van der Waals surface area (Å²) in [5, 5.41) is 0.970. The second-order valence-electron chi connectivity index (χ2n) is 4.76. The summed E-state index contributed by atoms with van der Waals surface area (Å²) in [5.41, 5.74) is 0.276. The number of rotatable bonds is 4. The van der Waals surface area contributed by atoms with Gasteiger partial charge in [-0.05, 0) is 0 Å². The maximum absolute atomic E-state index is 11.8. The Morgan fingerprint density at radius 1 is 1.18 bits per heavy atom. The van der Waals surface area contributed by atoms with Crippen LogP contribution in [0.1, 0.15) is 31.1 Å². The van der Waals surface area contributed by atoms with Crippen LogP contribution in [0.3, 0.4) is 0 Å². The fourth-order valence-corrected chi connectivity index (χ4v) is 3.24. The summed E-state index contributed by atoms with van der Waals surface area (Å²) < 4.78 is 0.0479. The van der Waals surface area contributed by atoms with Gasteiger partial charge in [0.25, 0.3) is 0 Å². The van der Waals surface area contributed by atoms with Crippen LogP contribution in [-0.4, -0.2) is 25.4 Å². The van der Waals surface area contributed by atoms with Gasteiger partial charge in [-0.2, -0.15) is 0 Å². The molecule has 4 heteroatoms. The van der Waals surface area contributed by atoms with Gasteiger partial charge in [-0.1, -0.05) is 0 Å². The number of carbonyl (C=O) groups excluding carboxylic acids is 2. The van der Waals surface area contributed by atoms with E-state index in [2.05, 4.69) is 0 Å². The molecule has 0 aliphatic rings. The summed E-state index contributed by atoms with van der Waals surface area (Å²) in [6.07, 6.45) is 0. The van der Waals surface area contributed by atoms with Crippen molar-refractivity contribution in [2.24, 2.45) is 5.41 Å². The zero-order chi connectivity index (χ0) is 13.1. The Morgan fingerprint density at radius 2 is 1.71 bits per heavy atom. The second kappa shape index (κ2) is 5.81. The summed E-state index contributed by atoms with van der Waals surface area (Å²) in [6.45, 7) is 5.62. The molecule has 0 aliphatic carbocycles. The molecule has 0 saturated carbocycles. The van der Waals surface area contributed by atoms with Crippen LogP contribution in [0, 0.1) is 5.41 Å². The fourth-order valence-electron chi connectivity index (χ4n) is 1.02. The first-order valence-corrected chi connectivity index (χ1v) is 7.71. The van der Waals surface area contributed by atoms with Gasteiger partial charge >= 0.3 is 113 Å². The summed E-state index contributed by atoms with van der Waals surface area (Å²) in [4.78, 5) is 23.5. The Morgan fingerprint density at radius 3 is 2.18 bits per heavy atom. The number of ketones is 1. The average molecular weight is 318 g/mol. The third-order valence-electron chi connectivity index (χ3n) is 2.25. The van der Waals surface area contributed by atoms with Crippen molar-refractivity contribution in [1.29, 1.82) is 0 Å². The zero-order valence-electron chi connectivity index (χ0n) is 10.1. The van der Waals surface area contributed by atoms with Gasteiger partial charge in [-0.15, -0.1) is 0 Å². The molecule has 0 unspecified atom stereocenters. The fraction of sp³-hybridized carbons (Fsp3) is 0.385. The van der Waals surface area contributed by atoms with E-state index in [1.54, 1.807) is 24.3 Å². The Bertz CT molecular complexity index is 418. The molecule has 0 aromatic heterocycles. The van der Waals surface area contributed by atoms with E-state index in [1.165, 1.54) is 0 Å². The van der Waals surface area contributed by atoms with Gasteiger partial charge < -0.3 is 0 Å². The molecule has 0 saturated heterocycles. The van der Waals surface area contributed by atoms with E-state index < -0.39 is 0 Å². The van der Waals surface area contributed by atoms with Crippen LogP contribution < -0.4 is 0 Å². The molecular formula is C13H15ClO2Se. The van der Waals surface area contributed by atoms with E-state index in [0.717, 1.165) is 0 Å². The third kappa shape index (κ3) is 4.63. The monoisotopic (exact) mass is 318 g/mol. The number of carbonyl (C=O) groups is 2. The Labute approximate surface area is 113 Å². The van der Waals surface area contributed by atoms with E-state index in [1.807, 2.05) is 20.8 Å². The van der Waals surface area contributed by atoms with Crippen molar-refractivity contribution in [2.45, 2.75) is 26.1 Å². The van der Waals surface area contributed by atoms with E-state index in [0.29, 0.717) is 15.9 Å². The molecule has 0 heterocycles. The molecule has 0 radical (unpaired) electrons. The topological polar surface area (TPSA) is 34.1 Å². The minimum atomic E-state index is -0.359. The molecule has 0 spiro atoms. The summed E-state index contributed by atoms with van der Waals surface area (Å²) >= 11 is 5.42. The van der Waals surface area contributed by atoms with Crippen molar-refractivity contribution in [1.82, 2.24) is 0 Å². The first-order chi connectivity index (χ1) is 7.80. The van der Waals surface area contributed by atoms with E-state index in [9.17, 15) is 9.59 Å². The Kier molecular flexibility index (Phi) is 4.93. The van der Waals surface area contributed by atoms with Gasteiger partial charge in [0.1, 0.15) is 0 Å². The molecule has 1 aromatic rings. The molecule has 0 N–H and O–H groups in total. The number of benzene rings is 1. The first-order valence-electron chi connectivity index (χ1n) is 5.26. The van der Waals surface area contributed by atoms with Crippen LogP contribution in [-0.2, 0) is 4.79 Å². The van der Waals surface area contributed by atoms with E-state index in [4.69, 9.17) is 11.6 Å². The van der Waals surface area contributed by atoms with Crippen molar-refractivity contribution in [3.05, 3.63) is 34.9 Å². The average Bonchev–Trinajstić information content (AvgIpc) is 2.25. The van der Waals surface area contributed by atoms with Crippen LogP contribution in [0.4, 0.5) is 0 Å². The van der Waals surface area contributed by atoms with Crippen LogP contribution >= 0.6 is 11.6 Å². The van der Waals surface area contributed by atoms with Gasteiger partial charge in [0, 0.05) is 0 Å². The predicted octanol–water partition coefficient (Wildman–Crippen LogP) is 3.22. The molecular weight excluding hydrogens is 303 g/mol. The van der Waals surface area contributed by atoms with Crippen molar-refractivity contribution < 1.29 is 9.59 Å². The van der Waals surface area contributed by atoms with Gasteiger partial charge in [-0.25, -0.2) is 0 Å². The summed E-state index contributed by atoms with van der Waals surface area (Å²) in [5.74, 6) is 0.139. The molecule has 92 valence electrons. The standard InChI is InChI=1S/C13H15ClO2Se/c1-13(2,3)11(15)8-17-12(16)9-4-6-10(14)7-5-9/h4-7H,8H2,1-3H3. The number of halogens is 1. The van der Waals surface area contributed by atoms with Crippen molar-refractivity contribution in [2.75, 3.05) is 0 Å². The molecule has 0 fully saturated rings. The molecule has 0 aliphatic heterocycles. The molecule has 2 nitrogen and oxygen atoms in total. The molecule has 17 heavy (non-hydrogen) atoms. The predicted molar refractivity (Wildman–Crippen MR) is 70.8 cm³/mol. The summed E-state index contributed by atoms with van der Waals surface area (Å²) in [7, 11) is 0. The number of hydrogen-bond acceptors (Lipinski definition) is 2. The van der Waals surface area contributed by atoms with Crippen LogP contribution in [0.5, 0.6) is 0 Å². The normalized spacial score (nSPS) is 11.3. The van der Waals surface area contributed by atoms with Crippen LogP contribution in [0.2, 0.25) is 10.3 Å². The quantitative estimate of drug-likeness (QED) is 0.799. The van der Waals surface area contributed by atoms with Gasteiger partial charge in [-0.3, -0.25) is 0 Å². The van der Waals surface area contributed by atoms with Gasteiger partial charge in [0.05, 0.1) is 0 Å². The number of Topliss-reactive ketones (excluding diaryl/α,β-unsaturated/α-hetero) is 1. The maximum atomic E-state index is 11.8. The van der Waals surface area contributed by atoms with Gasteiger partial charge in [0.2, 0.25) is 0 Å². The van der Waals surface area contributed by atoms with Crippen LogP contribution in [0.15, 0.2) is 24.3 Å². The molecule has 0 atom stereocenters. The van der Waals surface area contributed by atoms with Crippen molar-refractivity contribution in [3.8, 4) is 0 Å². The Hall–Kier alpha value is -0.631. The Balaban J connectivity index is 2.56.